The number of methoxy groups -OCH3 is 2. The molecule has 14 aromatic rings. The van der Waals surface area contributed by atoms with Crippen molar-refractivity contribution in [3.8, 4) is 0 Å². The maximum Gasteiger partial charge on any atom is 0.337 e. The Kier molecular flexibility index (Phi) is 33.2. The van der Waals surface area contributed by atoms with E-state index in [1.165, 1.54) is 113 Å². The van der Waals surface area contributed by atoms with Gasteiger partial charge in [0, 0.05) is 29.6 Å². The van der Waals surface area contributed by atoms with Gasteiger partial charge in [0.2, 0.25) is 0 Å². The molecule has 0 aliphatic heterocycles. The van der Waals surface area contributed by atoms with Crippen molar-refractivity contribution in [1.82, 2.24) is 0 Å². The van der Waals surface area contributed by atoms with E-state index in [1.807, 2.05) is 18.2 Å². The van der Waals surface area contributed by atoms with E-state index in [1.54, 1.807) is 12.1 Å². The van der Waals surface area contributed by atoms with E-state index in [-0.39, 0.29) is 32.4 Å². The van der Waals surface area contributed by atoms with Crippen molar-refractivity contribution in [2.75, 3.05) is 14.2 Å². The van der Waals surface area contributed by atoms with Gasteiger partial charge in [-0.05, 0) is 191 Å². The minimum atomic E-state index is -0.446. The quantitative estimate of drug-likeness (QED) is 0.0318. The molecule has 0 saturated heterocycles. The fourth-order valence-corrected chi connectivity index (χ4v) is 22.7. The molecule has 0 radical (unpaired) electrons. The van der Waals surface area contributed by atoms with Crippen molar-refractivity contribution < 1.29 is 39.5 Å². The van der Waals surface area contributed by atoms with Crippen molar-refractivity contribution in [2.24, 2.45) is 0 Å². The molecule has 0 atom stereocenters. The van der Waals surface area contributed by atoms with Crippen LogP contribution in [0.4, 0.5) is 5.69 Å². The number of halogens is 1. The third-order valence-corrected chi connectivity index (χ3v) is 29.0. The second-order valence-electron chi connectivity index (χ2n) is 25.2. The summed E-state index contributed by atoms with van der Waals surface area (Å²) >= 11 is 2.30. The molecule has 2 fully saturated rings. The second-order valence-corrected chi connectivity index (χ2v) is 35.3. The number of hydrogen-bond donors (Lipinski definition) is 0. The molecule has 108 heavy (non-hydrogen) atoms. The van der Waals surface area contributed by atoms with Gasteiger partial charge in [0.1, 0.15) is 0 Å². The van der Waals surface area contributed by atoms with Gasteiger partial charge in [-0.2, -0.15) is 0 Å². The monoisotopic (exact) mass is 1690 g/mol. The second kappa shape index (κ2) is 44.2. The first-order valence-electron chi connectivity index (χ1n) is 36.1. The number of esters is 2. The molecule has 14 aromatic carbocycles. The van der Waals surface area contributed by atoms with E-state index in [0.29, 0.717) is 28.7 Å². The minimum Gasteiger partial charge on any atom is -0.465 e. The SMILES string of the molecule is COC(=O)c1ccc(C2CCC2)c(I)c1.[C-]#[N+]c1cc(C(=O)OC)ccc1C1CCC1.[Pd].c1ccc(P(c2ccccc2)c2ccccc2)cc1.c1ccc(P(c2ccccc2)c2ccccc2)cc1.c1ccc(P(c2ccccc2)c2ccccc2)cc1.c1ccc(P(c2ccccc2)c2ccccc2)cc1. The maximum absolute atomic E-state index is 11.3. The van der Waals surface area contributed by atoms with Crippen molar-refractivity contribution in [2.45, 2.75) is 50.4 Å². The number of nitrogens with zero attached hydrogens (tertiary/aromatic N) is 1. The minimum absolute atomic E-state index is 0. The van der Waals surface area contributed by atoms with E-state index in [2.05, 4.69) is 407 Å². The van der Waals surface area contributed by atoms with E-state index in [9.17, 15) is 9.59 Å². The average molecular weight is 1690 g/mol. The van der Waals surface area contributed by atoms with Crippen LogP contribution in [0.3, 0.4) is 0 Å². The van der Waals surface area contributed by atoms with Crippen LogP contribution in [0.15, 0.2) is 400 Å². The van der Waals surface area contributed by atoms with Gasteiger partial charge < -0.3 is 9.47 Å². The van der Waals surface area contributed by atoms with Gasteiger partial charge in [0.15, 0.2) is 5.69 Å². The molecule has 0 heterocycles. The Morgan fingerprint density at radius 3 is 0.648 bits per heavy atom. The molecule has 0 amide bonds. The summed E-state index contributed by atoms with van der Waals surface area (Å²) in [6, 6.07) is 140. The Labute approximate surface area is 671 Å². The van der Waals surface area contributed by atoms with Gasteiger partial charge in [-0.25, -0.2) is 14.4 Å². The molecular weight excluding hydrogens is 1600 g/mol. The van der Waals surface area contributed by atoms with Gasteiger partial charge in [-0.1, -0.05) is 389 Å². The van der Waals surface area contributed by atoms with Crippen LogP contribution in [0.5, 0.6) is 0 Å². The van der Waals surface area contributed by atoms with E-state index >= 15 is 0 Å². The largest absolute Gasteiger partial charge is 0.465 e. The third kappa shape index (κ3) is 23.3. The van der Waals surface area contributed by atoms with Crippen molar-refractivity contribution in [3.63, 3.8) is 0 Å². The predicted molar refractivity (Wildman–Crippen MR) is 468 cm³/mol. The zero-order valence-electron chi connectivity index (χ0n) is 60.6. The summed E-state index contributed by atoms with van der Waals surface area (Å²) in [6.45, 7) is 7.14. The zero-order valence-corrected chi connectivity index (χ0v) is 67.9. The fourth-order valence-electron chi connectivity index (χ4n) is 12.5. The number of ether oxygens (including phenoxy) is 2. The molecule has 2 aliphatic rings. The van der Waals surface area contributed by atoms with Crippen molar-refractivity contribution in [3.05, 3.63) is 438 Å². The van der Waals surface area contributed by atoms with Crippen LogP contribution in [0.25, 0.3) is 4.85 Å². The van der Waals surface area contributed by atoms with Crippen LogP contribution >= 0.6 is 54.3 Å². The molecule has 16 rings (SSSR count). The molecular formula is C97H86INO4P4Pd. The first-order chi connectivity index (χ1) is 52.8. The summed E-state index contributed by atoms with van der Waals surface area (Å²) < 4.78 is 10.5. The number of rotatable bonds is 16. The summed E-state index contributed by atoms with van der Waals surface area (Å²) in [4.78, 5) is 26.1. The fraction of sp³-hybridized carbons (Fsp3) is 0.103. The first kappa shape index (κ1) is 81.1. The third-order valence-electron chi connectivity index (χ3n) is 18.3. The van der Waals surface area contributed by atoms with Crippen LogP contribution in [0.1, 0.15) is 82.2 Å². The van der Waals surface area contributed by atoms with E-state index in [4.69, 9.17) is 6.57 Å². The number of benzene rings is 14. The smallest absolute Gasteiger partial charge is 0.337 e. The van der Waals surface area contributed by atoms with Crippen molar-refractivity contribution >= 4 is 136 Å². The van der Waals surface area contributed by atoms with Gasteiger partial charge in [0.05, 0.1) is 26.4 Å². The topological polar surface area (TPSA) is 57.0 Å². The summed E-state index contributed by atoms with van der Waals surface area (Å²) in [5.41, 5.74) is 4.15. The predicted octanol–water partition coefficient (Wildman–Crippen LogP) is 20.4. The number of carbonyl (C=O) groups is 2. The Balaban J connectivity index is 0.000000138. The molecule has 540 valence electrons. The van der Waals surface area contributed by atoms with Crippen LogP contribution in [0, 0.1) is 10.1 Å². The van der Waals surface area contributed by atoms with Crippen LogP contribution in [0.2, 0.25) is 0 Å². The molecule has 11 heteroatoms. The average Bonchev–Trinajstić information content (AvgIpc) is 0.909. The summed E-state index contributed by atoms with van der Waals surface area (Å²) in [6.07, 6.45) is 7.45. The van der Waals surface area contributed by atoms with Gasteiger partial charge in [-0.15, -0.1) is 0 Å². The normalized spacial score (nSPS) is 11.9. The standard InChI is InChI=1S/4C18H15P.C13H13NO2.C12H13IO2.Pd/c4*1-4-10-16(11-5-1)19(17-12-6-2-7-13-17)18-14-8-3-9-15-18;1-14-12-8-10(13(15)16-2)6-7-11(12)9-4-3-5-9;1-15-12(14)9-5-6-10(11(13)7-9)8-3-2-4-8;/h4*1-15H;6-9H,3-5H2,2H3;5-8H,2-4H2,1H3;. The summed E-state index contributed by atoms with van der Waals surface area (Å²) in [5, 5.41) is 16.8. The molecule has 2 saturated carbocycles. The molecule has 0 N–H and O–H groups in total. The molecule has 2 aliphatic carbocycles. The molecule has 0 aromatic heterocycles. The molecule has 0 unspecified atom stereocenters. The van der Waals surface area contributed by atoms with Crippen LogP contribution < -0.4 is 63.7 Å². The summed E-state index contributed by atoms with van der Waals surface area (Å²) in [5.74, 6) is 0.581. The zero-order chi connectivity index (χ0) is 74.0. The van der Waals surface area contributed by atoms with Gasteiger partial charge in [-0.3, -0.25) is 0 Å². The first-order valence-corrected chi connectivity index (χ1v) is 42.5. The Bertz CT molecular complexity index is 4120. The van der Waals surface area contributed by atoms with Crippen molar-refractivity contribution in [1.29, 1.82) is 0 Å². The van der Waals surface area contributed by atoms with E-state index in [0.717, 1.165) is 18.4 Å². The molecule has 0 bridgehead atoms. The van der Waals surface area contributed by atoms with Crippen LogP contribution in [-0.4, -0.2) is 26.2 Å². The molecule has 0 spiro atoms. The molecule has 5 nitrogen and oxygen atoms in total. The Morgan fingerprint density at radius 2 is 0.481 bits per heavy atom. The van der Waals surface area contributed by atoms with Crippen LogP contribution in [-0.2, 0) is 29.9 Å². The summed E-state index contributed by atoms with van der Waals surface area (Å²) in [7, 11) is 0.975. The Morgan fingerprint density at radius 1 is 0.296 bits per heavy atom. The number of hydrogen-bond acceptors (Lipinski definition) is 4. The number of carbonyl (C=O) groups excluding carboxylic acids is 2. The van der Waals surface area contributed by atoms with Gasteiger partial charge in [0.25, 0.3) is 0 Å². The van der Waals surface area contributed by atoms with E-state index < -0.39 is 31.7 Å². The van der Waals surface area contributed by atoms with Gasteiger partial charge >= 0.3 is 11.9 Å². The Hall–Kier alpha value is -9.38. The maximum atomic E-state index is 11.3.